The Morgan fingerprint density at radius 1 is 1.53 bits per heavy atom. The smallest absolute Gasteiger partial charge is 0.141 e. The van der Waals surface area contributed by atoms with Gasteiger partial charge in [-0.15, -0.1) is 0 Å². The molecule has 1 rings (SSSR count). The van der Waals surface area contributed by atoms with Crippen LogP contribution in [0.1, 0.15) is 12.5 Å². The zero-order valence-corrected chi connectivity index (χ0v) is 9.43. The monoisotopic (exact) mass is 231 g/mol. The third-order valence-corrected chi connectivity index (χ3v) is 2.31. The molecule has 0 spiro atoms. The van der Waals surface area contributed by atoms with Crippen molar-refractivity contribution < 1.29 is 9.13 Å². The summed E-state index contributed by atoms with van der Waals surface area (Å²) in [5.74, 6) is -0.404. The molecule has 1 aromatic carbocycles. The van der Waals surface area contributed by atoms with Crippen molar-refractivity contribution in [2.24, 2.45) is 5.73 Å². The van der Waals surface area contributed by atoms with Gasteiger partial charge in [0, 0.05) is 12.6 Å². The largest absolute Gasteiger partial charge is 0.380 e. The SMILES string of the molecule is CCOCC(N)Cc1ccc(F)c(Cl)c1. The Balaban J connectivity index is 2.53. The molecule has 0 aliphatic heterocycles. The van der Waals surface area contributed by atoms with Gasteiger partial charge in [-0.3, -0.25) is 0 Å². The van der Waals surface area contributed by atoms with Gasteiger partial charge in [0.2, 0.25) is 0 Å². The first-order valence-corrected chi connectivity index (χ1v) is 5.28. The lowest BCUT2D eigenvalue weighted by Gasteiger charge is -2.11. The van der Waals surface area contributed by atoms with Gasteiger partial charge in [0.25, 0.3) is 0 Å². The molecule has 84 valence electrons. The van der Waals surface area contributed by atoms with Crippen LogP contribution in [0.5, 0.6) is 0 Å². The summed E-state index contributed by atoms with van der Waals surface area (Å²) < 4.78 is 18.0. The van der Waals surface area contributed by atoms with Crippen molar-refractivity contribution in [2.75, 3.05) is 13.2 Å². The van der Waals surface area contributed by atoms with Crippen LogP contribution in [0.25, 0.3) is 0 Å². The zero-order valence-electron chi connectivity index (χ0n) is 8.67. The molecule has 0 fully saturated rings. The number of rotatable bonds is 5. The predicted molar refractivity (Wildman–Crippen MR) is 59.6 cm³/mol. The Bertz CT molecular complexity index is 319. The summed E-state index contributed by atoms with van der Waals surface area (Å²) in [7, 11) is 0. The summed E-state index contributed by atoms with van der Waals surface area (Å²) >= 11 is 5.65. The maximum Gasteiger partial charge on any atom is 0.141 e. The van der Waals surface area contributed by atoms with Crippen molar-refractivity contribution in [3.63, 3.8) is 0 Å². The molecular weight excluding hydrogens is 217 g/mol. The van der Waals surface area contributed by atoms with Gasteiger partial charge in [0.15, 0.2) is 0 Å². The average molecular weight is 232 g/mol. The highest BCUT2D eigenvalue weighted by molar-refractivity contribution is 6.30. The molecule has 4 heteroatoms. The lowest BCUT2D eigenvalue weighted by molar-refractivity contribution is 0.133. The van der Waals surface area contributed by atoms with E-state index in [4.69, 9.17) is 22.1 Å². The van der Waals surface area contributed by atoms with Gasteiger partial charge < -0.3 is 10.5 Å². The fraction of sp³-hybridized carbons (Fsp3) is 0.455. The minimum absolute atomic E-state index is 0.0773. The van der Waals surface area contributed by atoms with Crippen LogP contribution in [0.4, 0.5) is 4.39 Å². The van der Waals surface area contributed by atoms with Crippen molar-refractivity contribution in [3.05, 3.63) is 34.6 Å². The fourth-order valence-electron chi connectivity index (χ4n) is 1.30. The topological polar surface area (TPSA) is 35.2 Å². The van der Waals surface area contributed by atoms with E-state index in [9.17, 15) is 4.39 Å². The molecule has 1 aromatic rings. The summed E-state index contributed by atoms with van der Waals surface area (Å²) in [6.45, 7) is 3.07. The van der Waals surface area contributed by atoms with Crippen LogP contribution in [-0.4, -0.2) is 19.3 Å². The fourth-order valence-corrected chi connectivity index (χ4v) is 1.50. The third-order valence-electron chi connectivity index (χ3n) is 2.02. The first-order valence-electron chi connectivity index (χ1n) is 4.90. The van der Waals surface area contributed by atoms with Crippen LogP contribution in [0, 0.1) is 5.82 Å². The molecule has 2 nitrogen and oxygen atoms in total. The second-order valence-corrected chi connectivity index (χ2v) is 3.78. The van der Waals surface area contributed by atoms with Crippen molar-refractivity contribution in [1.82, 2.24) is 0 Å². The number of hydrogen-bond acceptors (Lipinski definition) is 2. The molecular formula is C11H15ClFNO. The third kappa shape index (κ3) is 4.16. The number of hydrogen-bond donors (Lipinski definition) is 1. The lowest BCUT2D eigenvalue weighted by atomic mass is 10.1. The first kappa shape index (κ1) is 12.4. The Morgan fingerprint density at radius 3 is 2.87 bits per heavy atom. The minimum Gasteiger partial charge on any atom is -0.380 e. The van der Waals surface area contributed by atoms with Crippen LogP contribution in [0.2, 0.25) is 5.02 Å². The van der Waals surface area contributed by atoms with E-state index in [0.29, 0.717) is 19.6 Å². The molecule has 0 amide bonds. The van der Waals surface area contributed by atoms with Crippen LogP contribution in [0.3, 0.4) is 0 Å². The van der Waals surface area contributed by atoms with Gasteiger partial charge in [-0.2, -0.15) is 0 Å². The maximum atomic E-state index is 12.9. The van der Waals surface area contributed by atoms with E-state index < -0.39 is 5.82 Å². The quantitative estimate of drug-likeness (QED) is 0.845. The molecule has 0 bridgehead atoms. The molecule has 15 heavy (non-hydrogen) atoms. The molecule has 1 unspecified atom stereocenters. The predicted octanol–water partition coefficient (Wildman–Crippen LogP) is 2.39. The molecule has 1 atom stereocenters. The Hall–Kier alpha value is -0.640. The number of benzene rings is 1. The van der Waals surface area contributed by atoms with E-state index in [1.165, 1.54) is 6.07 Å². The molecule has 0 aliphatic carbocycles. The second-order valence-electron chi connectivity index (χ2n) is 3.37. The number of ether oxygens (including phenoxy) is 1. The molecule has 0 aromatic heterocycles. The summed E-state index contributed by atoms with van der Waals surface area (Å²) in [6.07, 6.45) is 0.639. The van der Waals surface area contributed by atoms with E-state index in [0.717, 1.165) is 5.56 Å². The van der Waals surface area contributed by atoms with Crippen LogP contribution < -0.4 is 5.73 Å². The first-order chi connectivity index (χ1) is 7.13. The van der Waals surface area contributed by atoms with Gasteiger partial charge in [-0.1, -0.05) is 17.7 Å². The summed E-state index contributed by atoms with van der Waals surface area (Å²) in [5.41, 5.74) is 6.74. The van der Waals surface area contributed by atoms with Crippen molar-refractivity contribution in [1.29, 1.82) is 0 Å². The van der Waals surface area contributed by atoms with E-state index >= 15 is 0 Å². The molecule has 0 aliphatic rings. The second kappa shape index (κ2) is 6.05. The molecule has 0 radical (unpaired) electrons. The minimum atomic E-state index is -0.404. The Labute approximate surface area is 94.2 Å². The summed E-state index contributed by atoms with van der Waals surface area (Å²) in [5, 5.41) is 0.135. The Kier molecular flexibility index (Phi) is 5.02. The van der Waals surface area contributed by atoms with E-state index in [1.54, 1.807) is 12.1 Å². The van der Waals surface area contributed by atoms with E-state index in [-0.39, 0.29) is 11.1 Å². The van der Waals surface area contributed by atoms with Gasteiger partial charge >= 0.3 is 0 Å². The average Bonchev–Trinajstić information content (AvgIpc) is 2.20. The summed E-state index contributed by atoms with van der Waals surface area (Å²) in [4.78, 5) is 0. The van der Waals surface area contributed by atoms with Gasteiger partial charge in [-0.25, -0.2) is 4.39 Å². The maximum absolute atomic E-state index is 12.9. The summed E-state index contributed by atoms with van der Waals surface area (Å²) in [6, 6.07) is 4.56. The van der Waals surface area contributed by atoms with Crippen molar-refractivity contribution >= 4 is 11.6 Å². The number of halogens is 2. The van der Waals surface area contributed by atoms with Crippen molar-refractivity contribution in [2.45, 2.75) is 19.4 Å². The highest BCUT2D eigenvalue weighted by Crippen LogP contribution is 2.16. The van der Waals surface area contributed by atoms with Crippen LogP contribution >= 0.6 is 11.6 Å². The Morgan fingerprint density at radius 2 is 2.27 bits per heavy atom. The van der Waals surface area contributed by atoms with E-state index in [2.05, 4.69) is 0 Å². The highest BCUT2D eigenvalue weighted by atomic mass is 35.5. The van der Waals surface area contributed by atoms with Crippen LogP contribution in [0.15, 0.2) is 18.2 Å². The molecule has 2 N–H and O–H groups in total. The van der Waals surface area contributed by atoms with Gasteiger partial charge in [-0.05, 0) is 31.0 Å². The van der Waals surface area contributed by atoms with Crippen molar-refractivity contribution in [3.8, 4) is 0 Å². The number of nitrogens with two attached hydrogens (primary N) is 1. The van der Waals surface area contributed by atoms with Crippen LogP contribution in [-0.2, 0) is 11.2 Å². The van der Waals surface area contributed by atoms with Gasteiger partial charge in [0.05, 0.1) is 11.6 Å². The zero-order chi connectivity index (χ0) is 11.3. The molecule has 0 heterocycles. The normalized spacial score (nSPS) is 12.8. The van der Waals surface area contributed by atoms with Gasteiger partial charge in [0.1, 0.15) is 5.82 Å². The standard InChI is InChI=1S/C11H15ClFNO/c1-2-15-7-9(14)5-8-3-4-11(13)10(12)6-8/h3-4,6,9H,2,5,7,14H2,1H3. The molecule has 0 saturated carbocycles. The lowest BCUT2D eigenvalue weighted by Crippen LogP contribution is -2.28. The van der Waals surface area contributed by atoms with E-state index in [1.807, 2.05) is 6.92 Å². The molecule has 0 saturated heterocycles. The highest BCUT2D eigenvalue weighted by Gasteiger charge is 2.06.